The Labute approximate surface area is 124 Å². The largest absolute Gasteiger partial charge is 0.340 e. The number of amides is 1. The van der Waals surface area contributed by atoms with Gasteiger partial charge in [0, 0.05) is 18.7 Å². The zero-order chi connectivity index (χ0) is 14.4. The Morgan fingerprint density at radius 3 is 2.60 bits per heavy atom. The van der Waals surface area contributed by atoms with Gasteiger partial charge in [0.25, 0.3) is 5.69 Å². The number of carbonyl (C=O) groups is 1. The molecule has 0 aliphatic rings. The summed E-state index contributed by atoms with van der Waals surface area (Å²) in [7, 11) is 1.61. The van der Waals surface area contributed by atoms with Crippen LogP contribution in [-0.4, -0.2) is 28.8 Å². The van der Waals surface area contributed by atoms with E-state index in [1.54, 1.807) is 25.2 Å². The first-order chi connectivity index (χ1) is 8.97. The van der Waals surface area contributed by atoms with E-state index in [9.17, 15) is 14.9 Å². The molecule has 7 heteroatoms. The molecular formula is C13H20ClN3O3. The highest BCUT2D eigenvalue weighted by molar-refractivity contribution is 5.85. The van der Waals surface area contributed by atoms with Crippen molar-refractivity contribution < 1.29 is 9.72 Å². The van der Waals surface area contributed by atoms with E-state index in [-0.39, 0.29) is 30.5 Å². The van der Waals surface area contributed by atoms with Crippen LogP contribution in [0, 0.1) is 10.1 Å². The molecule has 0 heterocycles. The molecule has 1 unspecified atom stereocenters. The molecule has 0 aromatic heterocycles. The number of nitrogens with zero attached hydrogens (tertiary/aromatic N) is 2. The summed E-state index contributed by atoms with van der Waals surface area (Å²) in [5.74, 6) is -0.194. The SMILES string of the molecule is CCCC(N)C(=O)N(C)Cc1ccccc1[N+](=O)[O-].Cl. The van der Waals surface area contributed by atoms with Gasteiger partial charge >= 0.3 is 0 Å². The summed E-state index contributed by atoms with van der Waals surface area (Å²) in [4.78, 5) is 23.8. The van der Waals surface area contributed by atoms with Gasteiger partial charge in [-0.2, -0.15) is 0 Å². The molecule has 0 aliphatic heterocycles. The van der Waals surface area contributed by atoms with Gasteiger partial charge in [0.15, 0.2) is 0 Å². The van der Waals surface area contributed by atoms with Crippen molar-refractivity contribution in [3.63, 3.8) is 0 Å². The van der Waals surface area contributed by atoms with Gasteiger partial charge in [0.05, 0.1) is 17.5 Å². The minimum absolute atomic E-state index is 0. The molecule has 1 atom stereocenters. The maximum Gasteiger partial charge on any atom is 0.274 e. The van der Waals surface area contributed by atoms with Gasteiger partial charge in [0.2, 0.25) is 5.91 Å². The molecule has 1 rings (SSSR count). The first kappa shape index (κ1) is 18.3. The summed E-state index contributed by atoms with van der Waals surface area (Å²) < 4.78 is 0. The van der Waals surface area contributed by atoms with Crippen LogP contribution in [0.5, 0.6) is 0 Å². The summed E-state index contributed by atoms with van der Waals surface area (Å²) in [6.07, 6.45) is 1.44. The first-order valence-electron chi connectivity index (χ1n) is 6.20. The van der Waals surface area contributed by atoms with E-state index in [4.69, 9.17) is 5.73 Å². The van der Waals surface area contributed by atoms with E-state index in [0.717, 1.165) is 6.42 Å². The summed E-state index contributed by atoms with van der Waals surface area (Å²) in [5.41, 5.74) is 6.28. The van der Waals surface area contributed by atoms with Crippen molar-refractivity contribution in [1.82, 2.24) is 4.90 Å². The molecular weight excluding hydrogens is 282 g/mol. The van der Waals surface area contributed by atoms with Crippen LogP contribution in [0.15, 0.2) is 24.3 Å². The molecule has 0 bridgehead atoms. The molecule has 112 valence electrons. The van der Waals surface area contributed by atoms with E-state index in [0.29, 0.717) is 12.0 Å². The van der Waals surface area contributed by atoms with Gasteiger partial charge in [-0.05, 0) is 6.42 Å². The Morgan fingerprint density at radius 1 is 1.45 bits per heavy atom. The van der Waals surface area contributed by atoms with Gasteiger partial charge in [-0.15, -0.1) is 12.4 Å². The molecule has 1 amide bonds. The summed E-state index contributed by atoms with van der Waals surface area (Å²) in [6, 6.07) is 5.85. The minimum Gasteiger partial charge on any atom is -0.340 e. The Kier molecular flexibility index (Phi) is 7.79. The fraction of sp³-hybridized carbons (Fsp3) is 0.462. The van der Waals surface area contributed by atoms with Crippen molar-refractivity contribution in [3.8, 4) is 0 Å². The van der Waals surface area contributed by atoms with Gasteiger partial charge in [-0.3, -0.25) is 14.9 Å². The van der Waals surface area contributed by atoms with Crippen LogP contribution in [0.1, 0.15) is 25.3 Å². The standard InChI is InChI=1S/C13H19N3O3.ClH/c1-3-6-11(14)13(17)15(2)9-10-7-4-5-8-12(10)16(18)19;/h4-5,7-8,11H,3,6,9,14H2,1-2H3;1H. The molecule has 20 heavy (non-hydrogen) atoms. The fourth-order valence-corrected chi connectivity index (χ4v) is 1.87. The van der Waals surface area contributed by atoms with Crippen LogP contribution in [0.3, 0.4) is 0 Å². The number of nitro groups is 1. The zero-order valence-electron chi connectivity index (χ0n) is 11.6. The molecule has 0 radical (unpaired) electrons. The lowest BCUT2D eigenvalue weighted by molar-refractivity contribution is -0.385. The topological polar surface area (TPSA) is 89.5 Å². The fourth-order valence-electron chi connectivity index (χ4n) is 1.87. The highest BCUT2D eigenvalue weighted by Crippen LogP contribution is 2.19. The number of hydrogen-bond acceptors (Lipinski definition) is 4. The second-order valence-corrected chi connectivity index (χ2v) is 4.48. The summed E-state index contributed by atoms with van der Waals surface area (Å²) in [6.45, 7) is 2.14. The molecule has 0 saturated heterocycles. The maximum atomic E-state index is 11.9. The second kappa shape index (κ2) is 8.50. The average Bonchev–Trinajstić information content (AvgIpc) is 2.38. The number of halogens is 1. The highest BCUT2D eigenvalue weighted by Gasteiger charge is 2.20. The van der Waals surface area contributed by atoms with Crippen molar-refractivity contribution in [3.05, 3.63) is 39.9 Å². The Morgan fingerprint density at radius 2 is 2.05 bits per heavy atom. The first-order valence-corrected chi connectivity index (χ1v) is 6.20. The third-order valence-corrected chi connectivity index (χ3v) is 2.89. The Balaban J connectivity index is 0.00000361. The quantitative estimate of drug-likeness (QED) is 0.643. The smallest absolute Gasteiger partial charge is 0.274 e. The number of carbonyl (C=O) groups excluding carboxylic acids is 1. The summed E-state index contributed by atoms with van der Waals surface area (Å²) in [5, 5.41) is 10.9. The number of nitro benzene ring substituents is 1. The van der Waals surface area contributed by atoms with Crippen molar-refractivity contribution in [2.24, 2.45) is 5.73 Å². The Hall–Kier alpha value is -1.66. The van der Waals surface area contributed by atoms with Crippen LogP contribution in [0.25, 0.3) is 0 Å². The lowest BCUT2D eigenvalue weighted by Crippen LogP contribution is -2.41. The highest BCUT2D eigenvalue weighted by atomic mass is 35.5. The molecule has 0 aliphatic carbocycles. The van der Waals surface area contributed by atoms with Crippen LogP contribution in [0.4, 0.5) is 5.69 Å². The van der Waals surface area contributed by atoms with Gasteiger partial charge < -0.3 is 10.6 Å². The van der Waals surface area contributed by atoms with E-state index < -0.39 is 11.0 Å². The summed E-state index contributed by atoms with van der Waals surface area (Å²) >= 11 is 0. The monoisotopic (exact) mass is 301 g/mol. The minimum atomic E-state index is -0.544. The number of hydrogen-bond donors (Lipinski definition) is 1. The van der Waals surface area contributed by atoms with Crippen LogP contribution >= 0.6 is 12.4 Å². The van der Waals surface area contributed by atoms with Crippen LogP contribution < -0.4 is 5.73 Å². The zero-order valence-corrected chi connectivity index (χ0v) is 12.4. The van der Waals surface area contributed by atoms with Crippen molar-refractivity contribution >= 4 is 24.0 Å². The molecule has 6 nitrogen and oxygen atoms in total. The third kappa shape index (κ3) is 4.79. The van der Waals surface area contributed by atoms with Gasteiger partial charge in [0.1, 0.15) is 0 Å². The van der Waals surface area contributed by atoms with E-state index in [1.165, 1.54) is 11.0 Å². The Bertz CT molecular complexity index is 468. The number of rotatable bonds is 6. The van der Waals surface area contributed by atoms with E-state index in [2.05, 4.69) is 0 Å². The van der Waals surface area contributed by atoms with Crippen molar-refractivity contribution in [1.29, 1.82) is 0 Å². The van der Waals surface area contributed by atoms with Crippen LogP contribution in [-0.2, 0) is 11.3 Å². The van der Waals surface area contributed by atoms with Crippen LogP contribution in [0.2, 0.25) is 0 Å². The number of likely N-dealkylation sites (N-methyl/N-ethyl adjacent to an activating group) is 1. The van der Waals surface area contributed by atoms with E-state index >= 15 is 0 Å². The van der Waals surface area contributed by atoms with E-state index in [1.807, 2.05) is 6.92 Å². The van der Waals surface area contributed by atoms with Gasteiger partial charge in [-0.25, -0.2) is 0 Å². The lowest BCUT2D eigenvalue weighted by atomic mass is 10.1. The average molecular weight is 302 g/mol. The molecule has 0 fully saturated rings. The molecule has 2 N–H and O–H groups in total. The number of para-hydroxylation sites is 1. The number of benzene rings is 1. The normalized spacial score (nSPS) is 11.3. The predicted octanol–water partition coefficient (Wildman–Crippen LogP) is 2.10. The predicted molar refractivity (Wildman–Crippen MR) is 79.7 cm³/mol. The van der Waals surface area contributed by atoms with Gasteiger partial charge in [-0.1, -0.05) is 31.5 Å². The molecule has 0 spiro atoms. The number of nitrogens with two attached hydrogens (primary N) is 1. The van der Waals surface area contributed by atoms with Crippen molar-refractivity contribution in [2.75, 3.05) is 7.05 Å². The molecule has 1 aromatic carbocycles. The lowest BCUT2D eigenvalue weighted by Gasteiger charge is -2.21. The van der Waals surface area contributed by atoms with Crippen molar-refractivity contribution in [2.45, 2.75) is 32.4 Å². The second-order valence-electron chi connectivity index (χ2n) is 4.48. The third-order valence-electron chi connectivity index (χ3n) is 2.89. The molecule has 0 saturated carbocycles. The molecule has 1 aromatic rings. The maximum absolute atomic E-state index is 11.9.